The number of rotatable bonds is 6. The Balaban J connectivity index is 1.94. The summed E-state index contributed by atoms with van der Waals surface area (Å²) in [5.74, 6) is 1.27. The minimum absolute atomic E-state index is 0.0513. The van der Waals surface area contributed by atoms with Crippen LogP contribution in [0.15, 0.2) is 15.5 Å². The van der Waals surface area contributed by atoms with Crippen LogP contribution < -0.4 is 10.9 Å². The van der Waals surface area contributed by atoms with Crippen molar-refractivity contribution in [3.05, 3.63) is 21.0 Å². The molecule has 0 amide bonds. The Morgan fingerprint density at radius 2 is 2.15 bits per heavy atom. The topological polar surface area (TPSA) is 46.9 Å². The molecule has 112 valence electrons. The third-order valence-corrected chi connectivity index (χ3v) is 4.63. The maximum atomic E-state index is 12.2. The van der Waals surface area contributed by atoms with E-state index in [1.54, 1.807) is 6.20 Å². The van der Waals surface area contributed by atoms with E-state index in [0.29, 0.717) is 16.9 Å². The molecule has 1 aliphatic rings. The minimum atomic E-state index is -0.0513. The Hall–Kier alpha value is -0.840. The van der Waals surface area contributed by atoms with Crippen LogP contribution in [-0.4, -0.2) is 16.3 Å². The molecular weight excluding hydrogens is 318 g/mol. The molecule has 5 heteroatoms. The zero-order valence-corrected chi connectivity index (χ0v) is 13.9. The Labute approximate surface area is 129 Å². The molecule has 1 fully saturated rings. The lowest BCUT2D eigenvalue weighted by molar-refractivity contribution is 0.462. The van der Waals surface area contributed by atoms with Crippen LogP contribution in [0.5, 0.6) is 0 Å². The fourth-order valence-corrected chi connectivity index (χ4v) is 3.22. The van der Waals surface area contributed by atoms with Gasteiger partial charge in [0.05, 0.1) is 11.9 Å². The van der Waals surface area contributed by atoms with Gasteiger partial charge < -0.3 is 5.32 Å². The zero-order chi connectivity index (χ0) is 14.5. The molecule has 1 saturated carbocycles. The lowest BCUT2D eigenvalue weighted by Crippen LogP contribution is -2.26. The summed E-state index contributed by atoms with van der Waals surface area (Å²) < 4.78 is 2.12. The first-order valence-electron chi connectivity index (χ1n) is 7.57. The second kappa shape index (κ2) is 7.25. The van der Waals surface area contributed by atoms with E-state index in [1.165, 1.54) is 36.8 Å². The van der Waals surface area contributed by atoms with Gasteiger partial charge in [-0.25, -0.2) is 4.68 Å². The molecule has 0 saturated heterocycles. The molecule has 4 nitrogen and oxygen atoms in total. The summed E-state index contributed by atoms with van der Waals surface area (Å²) in [6.07, 6.45) is 8.40. The van der Waals surface area contributed by atoms with Crippen molar-refractivity contribution in [2.45, 2.75) is 52.5 Å². The third-order valence-electron chi connectivity index (χ3n) is 3.87. The van der Waals surface area contributed by atoms with Gasteiger partial charge in [0.25, 0.3) is 5.56 Å². The summed E-state index contributed by atoms with van der Waals surface area (Å²) in [5, 5.41) is 7.58. The molecule has 0 unspecified atom stereocenters. The Bertz CT molecular complexity index is 492. The first-order chi connectivity index (χ1) is 9.58. The number of anilines is 1. The van der Waals surface area contributed by atoms with Crippen molar-refractivity contribution in [2.24, 2.45) is 11.8 Å². The largest absolute Gasteiger partial charge is 0.383 e. The fraction of sp³-hybridized carbons (Fsp3) is 0.733. The normalized spacial score (nSPS) is 16.0. The van der Waals surface area contributed by atoms with Gasteiger partial charge in [-0.1, -0.05) is 39.5 Å². The highest BCUT2D eigenvalue weighted by molar-refractivity contribution is 9.10. The summed E-state index contributed by atoms with van der Waals surface area (Å²) in [4.78, 5) is 12.2. The molecule has 0 radical (unpaired) electrons. The van der Waals surface area contributed by atoms with Gasteiger partial charge in [0.2, 0.25) is 0 Å². The molecule has 1 aromatic heterocycles. The zero-order valence-electron chi connectivity index (χ0n) is 12.4. The van der Waals surface area contributed by atoms with Crippen LogP contribution in [0.2, 0.25) is 0 Å². The van der Waals surface area contributed by atoms with E-state index in [2.05, 4.69) is 40.2 Å². The van der Waals surface area contributed by atoms with Gasteiger partial charge in [-0.05, 0) is 34.2 Å². The molecule has 1 aliphatic carbocycles. The summed E-state index contributed by atoms with van der Waals surface area (Å²) in [6.45, 7) is 5.73. The number of nitrogens with zero attached hydrogens (tertiary/aromatic N) is 2. The molecule has 0 atom stereocenters. The number of hydrogen-bond acceptors (Lipinski definition) is 3. The van der Waals surface area contributed by atoms with Crippen LogP contribution in [0.1, 0.15) is 46.0 Å². The van der Waals surface area contributed by atoms with E-state index < -0.39 is 0 Å². The van der Waals surface area contributed by atoms with Crippen LogP contribution in [0, 0.1) is 11.8 Å². The molecule has 0 aliphatic heterocycles. The van der Waals surface area contributed by atoms with Crippen molar-refractivity contribution in [3.63, 3.8) is 0 Å². The van der Waals surface area contributed by atoms with Crippen LogP contribution >= 0.6 is 15.9 Å². The lowest BCUT2D eigenvalue weighted by atomic mass is 10.0. The van der Waals surface area contributed by atoms with E-state index in [4.69, 9.17) is 0 Å². The quantitative estimate of drug-likeness (QED) is 0.858. The van der Waals surface area contributed by atoms with Gasteiger partial charge in [0.1, 0.15) is 4.47 Å². The van der Waals surface area contributed by atoms with Gasteiger partial charge in [0.15, 0.2) is 0 Å². The van der Waals surface area contributed by atoms with Gasteiger partial charge in [-0.2, -0.15) is 5.10 Å². The summed E-state index contributed by atoms with van der Waals surface area (Å²) in [7, 11) is 0. The first kappa shape index (κ1) is 15.5. The smallest absolute Gasteiger partial charge is 0.283 e. The van der Waals surface area contributed by atoms with Crippen molar-refractivity contribution >= 4 is 21.6 Å². The Morgan fingerprint density at radius 1 is 1.45 bits per heavy atom. The molecule has 0 aromatic carbocycles. The maximum Gasteiger partial charge on any atom is 0.283 e. The molecule has 1 aromatic rings. The minimum Gasteiger partial charge on any atom is -0.383 e. The monoisotopic (exact) mass is 341 g/mol. The van der Waals surface area contributed by atoms with Gasteiger partial charge in [-0.15, -0.1) is 0 Å². The van der Waals surface area contributed by atoms with Crippen LogP contribution in [0.4, 0.5) is 5.69 Å². The Kier molecular flexibility index (Phi) is 5.64. The highest BCUT2D eigenvalue weighted by Gasteiger charge is 2.15. The molecule has 2 rings (SSSR count). The molecular formula is C15H24BrN3O. The van der Waals surface area contributed by atoms with Crippen molar-refractivity contribution in [1.82, 2.24) is 9.78 Å². The van der Waals surface area contributed by atoms with Crippen LogP contribution in [-0.2, 0) is 6.54 Å². The summed E-state index contributed by atoms with van der Waals surface area (Å²) in [5.41, 5.74) is 0.762. The van der Waals surface area contributed by atoms with Crippen molar-refractivity contribution in [3.8, 4) is 0 Å². The Morgan fingerprint density at radius 3 is 2.80 bits per heavy atom. The highest BCUT2D eigenvalue weighted by Crippen LogP contribution is 2.27. The van der Waals surface area contributed by atoms with E-state index in [9.17, 15) is 4.79 Å². The van der Waals surface area contributed by atoms with Crippen molar-refractivity contribution < 1.29 is 0 Å². The predicted molar refractivity (Wildman–Crippen MR) is 86.1 cm³/mol. The molecule has 20 heavy (non-hydrogen) atoms. The third kappa shape index (κ3) is 4.08. The number of aromatic nitrogens is 2. The second-order valence-corrected chi connectivity index (χ2v) is 6.91. The number of halogens is 1. The van der Waals surface area contributed by atoms with E-state index in [1.807, 2.05) is 0 Å². The van der Waals surface area contributed by atoms with Gasteiger partial charge in [0, 0.05) is 13.1 Å². The molecule has 1 N–H and O–H groups in total. The van der Waals surface area contributed by atoms with Crippen molar-refractivity contribution in [1.29, 1.82) is 0 Å². The first-order valence-corrected chi connectivity index (χ1v) is 8.36. The standard InChI is InChI=1S/C15H24BrN3O/c1-11(2)10-19-15(20)14(16)13(9-18-19)17-8-7-12-5-3-4-6-12/h9,11-12,17H,3-8,10H2,1-2H3. The van der Waals surface area contributed by atoms with Gasteiger partial charge in [-0.3, -0.25) is 4.79 Å². The van der Waals surface area contributed by atoms with Crippen LogP contribution in [0.25, 0.3) is 0 Å². The predicted octanol–water partition coefficient (Wildman–Crippen LogP) is 3.65. The van der Waals surface area contributed by atoms with Gasteiger partial charge >= 0.3 is 0 Å². The average molecular weight is 342 g/mol. The molecule has 1 heterocycles. The van der Waals surface area contributed by atoms with Crippen molar-refractivity contribution in [2.75, 3.05) is 11.9 Å². The fourth-order valence-electron chi connectivity index (χ4n) is 2.77. The van der Waals surface area contributed by atoms with E-state index in [-0.39, 0.29) is 5.56 Å². The highest BCUT2D eigenvalue weighted by atomic mass is 79.9. The molecule has 0 spiro atoms. The number of hydrogen-bond donors (Lipinski definition) is 1. The van der Waals surface area contributed by atoms with E-state index in [0.717, 1.165) is 18.2 Å². The average Bonchev–Trinajstić information content (AvgIpc) is 2.90. The maximum absolute atomic E-state index is 12.2. The van der Waals surface area contributed by atoms with E-state index >= 15 is 0 Å². The second-order valence-electron chi connectivity index (χ2n) is 6.12. The summed E-state index contributed by atoms with van der Waals surface area (Å²) >= 11 is 3.40. The van der Waals surface area contributed by atoms with Crippen LogP contribution in [0.3, 0.4) is 0 Å². The number of nitrogens with one attached hydrogen (secondary N) is 1. The summed E-state index contributed by atoms with van der Waals surface area (Å²) in [6, 6.07) is 0. The molecule has 0 bridgehead atoms. The SMILES string of the molecule is CC(C)Cn1ncc(NCCC2CCCC2)c(Br)c1=O. The lowest BCUT2D eigenvalue weighted by Gasteiger charge is -2.13.